The number of piperazine rings is 1. The second-order valence-corrected chi connectivity index (χ2v) is 7.60. The van der Waals surface area contributed by atoms with Crippen molar-refractivity contribution in [2.24, 2.45) is 5.41 Å². The lowest BCUT2D eigenvalue weighted by Crippen LogP contribution is -2.59. The number of carbonyl (C=O) groups excluding carboxylic acids is 1. The molecule has 0 bridgehead atoms. The number of nitrogens with zero attached hydrogens (tertiary/aromatic N) is 5. The van der Waals surface area contributed by atoms with Gasteiger partial charge in [0.25, 0.3) is 5.91 Å². The fourth-order valence-electron chi connectivity index (χ4n) is 3.13. The van der Waals surface area contributed by atoms with Gasteiger partial charge in [0.2, 0.25) is 0 Å². The van der Waals surface area contributed by atoms with Crippen LogP contribution in [0.2, 0.25) is 0 Å². The quantitative estimate of drug-likeness (QED) is 0.775. The van der Waals surface area contributed by atoms with Crippen molar-refractivity contribution in [3.63, 3.8) is 0 Å². The Morgan fingerprint density at radius 1 is 1.32 bits per heavy atom. The first kappa shape index (κ1) is 21.3. The van der Waals surface area contributed by atoms with E-state index in [9.17, 15) is 33.1 Å². The summed E-state index contributed by atoms with van der Waals surface area (Å²) in [6.07, 6.45) is -7.60. The zero-order valence-corrected chi connectivity index (χ0v) is 15.6. The molecule has 0 saturated carbocycles. The lowest BCUT2D eigenvalue weighted by molar-refractivity contribution is -0.126. The fourth-order valence-corrected chi connectivity index (χ4v) is 3.13. The van der Waals surface area contributed by atoms with Gasteiger partial charge in [0.15, 0.2) is 11.6 Å². The van der Waals surface area contributed by atoms with Crippen molar-refractivity contribution >= 4 is 23.6 Å². The van der Waals surface area contributed by atoms with Gasteiger partial charge < -0.3 is 20.6 Å². The Hall–Kier alpha value is -2.97. The Kier molecular flexibility index (Phi) is 5.50. The molecule has 1 atom stereocenters. The van der Waals surface area contributed by atoms with E-state index >= 15 is 0 Å². The average Bonchev–Trinajstić information content (AvgIpc) is 2.88. The molecular formula is C16H21F3N6O3. The molecule has 2 heterocycles. The van der Waals surface area contributed by atoms with Crippen LogP contribution in [0.1, 0.15) is 37.6 Å². The zero-order chi connectivity index (χ0) is 21.4. The summed E-state index contributed by atoms with van der Waals surface area (Å²) < 4.78 is 38.0. The standard InChI is InChI=1S/C16H21F3N6O3/c1-15(2,3)10-8-23(4-5-24(10)14(27)28)13-9(7-20)12(21)25(22-13)11(26)6-16(17,18)19/h10H,4-6,8,21H2,1-3H3,(H,27,28). The maximum absolute atomic E-state index is 12.5. The van der Waals surface area contributed by atoms with Gasteiger partial charge in [0.05, 0.1) is 6.04 Å². The number of amides is 1. The minimum Gasteiger partial charge on any atom is -0.465 e. The van der Waals surface area contributed by atoms with Gasteiger partial charge in [-0.1, -0.05) is 20.8 Å². The number of carbonyl (C=O) groups is 2. The third-order valence-electron chi connectivity index (χ3n) is 4.53. The van der Waals surface area contributed by atoms with E-state index in [1.54, 1.807) is 11.0 Å². The number of rotatable bonds is 2. The molecule has 1 unspecified atom stereocenters. The van der Waals surface area contributed by atoms with Gasteiger partial charge >= 0.3 is 12.3 Å². The molecule has 9 nitrogen and oxygen atoms in total. The highest BCUT2D eigenvalue weighted by atomic mass is 19.4. The van der Waals surface area contributed by atoms with Crippen LogP contribution in [0, 0.1) is 16.7 Å². The van der Waals surface area contributed by atoms with E-state index in [0.29, 0.717) is 4.68 Å². The predicted octanol–water partition coefficient (Wildman–Crippen LogP) is 2.14. The SMILES string of the molecule is CC(C)(C)C1CN(c2nn(C(=O)CC(F)(F)F)c(N)c2C#N)CCN1C(=O)O. The third-order valence-corrected chi connectivity index (χ3v) is 4.53. The van der Waals surface area contributed by atoms with Gasteiger partial charge in [-0.25, -0.2) is 4.79 Å². The van der Waals surface area contributed by atoms with Crippen molar-refractivity contribution in [3.8, 4) is 6.07 Å². The Morgan fingerprint density at radius 2 is 1.93 bits per heavy atom. The van der Waals surface area contributed by atoms with Crippen LogP contribution in [-0.2, 0) is 0 Å². The third kappa shape index (κ3) is 4.29. The van der Waals surface area contributed by atoms with Crippen molar-refractivity contribution in [3.05, 3.63) is 5.56 Å². The number of halogens is 3. The summed E-state index contributed by atoms with van der Waals surface area (Å²) in [6, 6.07) is 1.30. The van der Waals surface area contributed by atoms with E-state index in [0.717, 1.165) is 0 Å². The van der Waals surface area contributed by atoms with E-state index in [4.69, 9.17) is 5.73 Å². The Labute approximate surface area is 159 Å². The zero-order valence-electron chi connectivity index (χ0n) is 15.6. The number of aromatic nitrogens is 2. The first-order valence-corrected chi connectivity index (χ1v) is 8.39. The highest BCUT2D eigenvalue weighted by molar-refractivity contribution is 5.85. The molecule has 1 aliphatic rings. The Balaban J connectivity index is 2.40. The molecule has 2 rings (SSSR count). The first-order valence-electron chi connectivity index (χ1n) is 8.39. The number of anilines is 2. The summed E-state index contributed by atoms with van der Waals surface area (Å²) >= 11 is 0. The smallest absolute Gasteiger partial charge is 0.407 e. The molecule has 3 N–H and O–H groups in total. The van der Waals surface area contributed by atoms with Crippen LogP contribution in [0.3, 0.4) is 0 Å². The van der Waals surface area contributed by atoms with Crippen molar-refractivity contribution in [2.75, 3.05) is 30.3 Å². The Morgan fingerprint density at radius 3 is 2.39 bits per heavy atom. The van der Waals surface area contributed by atoms with Gasteiger partial charge in [0, 0.05) is 19.6 Å². The summed E-state index contributed by atoms with van der Waals surface area (Å²) in [5, 5.41) is 22.7. The molecule has 1 amide bonds. The molecule has 12 heteroatoms. The lowest BCUT2D eigenvalue weighted by Gasteiger charge is -2.46. The summed E-state index contributed by atoms with van der Waals surface area (Å²) in [5.41, 5.74) is 5.03. The highest BCUT2D eigenvalue weighted by Gasteiger charge is 2.40. The molecule has 0 radical (unpaired) electrons. The van der Waals surface area contributed by atoms with Crippen molar-refractivity contribution in [1.82, 2.24) is 14.7 Å². The molecule has 1 saturated heterocycles. The molecule has 1 fully saturated rings. The second-order valence-electron chi connectivity index (χ2n) is 7.60. The first-order chi connectivity index (χ1) is 12.8. The minimum atomic E-state index is -4.74. The molecule has 1 aromatic heterocycles. The molecule has 0 aliphatic carbocycles. The number of nitrogen functional groups attached to an aromatic ring is 1. The number of nitriles is 1. The molecular weight excluding hydrogens is 381 g/mol. The van der Waals surface area contributed by atoms with Crippen molar-refractivity contribution < 1.29 is 27.9 Å². The predicted molar refractivity (Wildman–Crippen MR) is 92.8 cm³/mol. The van der Waals surface area contributed by atoms with E-state index in [1.807, 2.05) is 20.8 Å². The minimum absolute atomic E-state index is 0.0326. The maximum Gasteiger partial charge on any atom is 0.407 e. The van der Waals surface area contributed by atoms with E-state index < -0.39 is 41.9 Å². The summed E-state index contributed by atoms with van der Waals surface area (Å²) in [6.45, 7) is 5.95. The fraction of sp³-hybridized carbons (Fsp3) is 0.625. The van der Waals surface area contributed by atoms with Gasteiger partial charge in [-0.3, -0.25) is 4.79 Å². The number of hydrogen-bond acceptors (Lipinski definition) is 6. The second kappa shape index (κ2) is 7.21. The number of alkyl halides is 3. The molecule has 1 aliphatic heterocycles. The van der Waals surface area contributed by atoms with Crippen LogP contribution in [0.4, 0.5) is 29.6 Å². The molecule has 154 valence electrons. The van der Waals surface area contributed by atoms with Crippen LogP contribution in [0.5, 0.6) is 0 Å². The van der Waals surface area contributed by atoms with Gasteiger partial charge in [-0.2, -0.15) is 23.1 Å². The topological polar surface area (TPSA) is 128 Å². The average molecular weight is 402 g/mol. The van der Waals surface area contributed by atoms with Crippen LogP contribution < -0.4 is 10.6 Å². The maximum atomic E-state index is 12.5. The van der Waals surface area contributed by atoms with Crippen LogP contribution >= 0.6 is 0 Å². The lowest BCUT2D eigenvalue weighted by atomic mass is 9.84. The van der Waals surface area contributed by atoms with Crippen LogP contribution in [0.15, 0.2) is 0 Å². The summed E-state index contributed by atoms with van der Waals surface area (Å²) in [4.78, 5) is 26.3. The monoisotopic (exact) mass is 402 g/mol. The molecule has 28 heavy (non-hydrogen) atoms. The van der Waals surface area contributed by atoms with Gasteiger partial charge in [-0.15, -0.1) is 5.10 Å². The van der Waals surface area contributed by atoms with Crippen LogP contribution in [0.25, 0.3) is 0 Å². The molecule has 0 aromatic carbocycles. The highest BCUT2D eigenvalue weighted by Crippen LogP contribution is 2.32. The number of nitrogens with two attached hydrogens (primary N) is 1. The molecule has 0 spiro atoms. The normalized spacial score (nSPS) is 18.1. The summed E-state index contributed by atoms with van der Waals surface area (Å²) in [5.74, 6) is -1.90. The van der Waals surface area contributed by atoms with Crippen molar-refractivity contribution in [2.45, 2.75) is 39.4 Å². The van der Waals surface area contributed by atoms with Gasteiger partial charge in [-0.05, 0) is 5.41 Å². The number of hydrogen-bond donors (Lipinski definition) is 2. The van der Waals surface area contributed by atoms with Gasteiger partial charge in [0.1, 0.15) is 18.1 Å². The largest absolute Gasteiger partial charge is 0.465 e. The van der Waals surface area contributed by atoms with Crippen LogP contribution in [-0.4, -0.2) is 63.6 Å². The summed E-state index contributed by atoms with van der Waals surface area (Å²) in [7, 11) is 0. The Bertz CT molecular complexity index is 821. The molecule has 1 aromatic rings. The van der Waals surface area contributed by atoms with E-state index in [2.05, 4.69) is 5.10 Å². The van der Waals surface area contributed by atoms with E-state index in [-0.39, 0.29) is 31.0 Å². The van der Waals surface area contributed by atoms with E-state index in [1.165, 1.54) is 4.90 Å². The van der Waals surface area contributed by atoms with Crippen molar-refractivity contribution in [1.29, 1.82) is 5.26 Å². The number of carboxylic acid groups (broad SMARTS) is 1.